The molecule has 0 aliphatic carbocycles. The number of nitrogens with one attached hydrogen (secondary N) is 1. The quantitative estimate of drug-likeness (QED) is 0.627. The Labute approximate surface area is 105 Å². The Bertz CT molecular complexity index is 509. The summed E-state index contributed by atoms with van der Waals surface area (Å²) in [6, 6.07) is 6.76. The van der Waals surface area contributed by atoms with Crippen LogP contribution in [0.1, 0.15) is 12.5 Å². The largest absolute Gasteiger partial charge is 0.365 e. The van der Waals surface area contributed by atoms with E-state index in [0.29, 0.717) is 5.56 Å². The van der Waals surface area contributed by atoms with Gasteiger partial charge in [0.2, 0.25) is 0 Å². The van der Waals surface area contributed by atoms with E-state index in [1.165, 1.54) is 12.1 Å². The van der Waals surface area contributed by atoms with Crippen LogP contribution in [-0.4, -0.2) is 30.6 Å². The Kier molecular flexibility index (Phi) is 3.44. The molecule has 18 heavy (non-hydrogen) atoms. The zero-order valence-corrected chi connectivity index (χ0v) is 10.1. The van der Waals surface area contributed by atoms with E-state index in [1.54, 1.807) is 6.07 Å². The van der Waals surface area contributed by atoms with Crippen molar-refractivity contribution in [1.82, 2.24) is 5.32 Å². The van der Waals surface area contributed by atoms with Crippen molar-refractivity contribution < 1.29 is 4.92 Å². The van der Waals surface area contributed by atoms with Crippen molar-refractivity contribution in [1.29, 1.82) is 5.26 Å². The van der Waals surface area contributed by atoms with E-state index in [-0.39, 0.29) is 11.7 Å². The molecule has 0 saturated carbocycles. The number of nitriles is 1. The predicted octanol–water partition coefficient (Wildman–Crippen LogP) is 1.26. The number of piperazine rings is 1. The van der Waals surface area contributed by atoms with E-state index in [9.17, 15) is 10.1 Å². The second kappa shape index (κ2) is 5.02. The van der Waals surface area contributed by atoms with Crippen molar-refractivity contribution in [3.63, 3.8) is 0 Å². The van der Waals surface area contributed by atoms with Crippen LogP contribution < -0.4 is 10.2 Å². The number of nitro groups is 1. The lowest BCUT2D eigenvalue weighted by atomic mass is 10.1. The van der Waals surface area contributed by atoms with Crippen LogP contribution in [0, 0.1) is 21.4 Å². The molecule has 1 fully saturated rings. The van der Waals surface area contributed by atoms with Crippen molar-refractivity contribution in [2.45, 2.75) is 13.0 Å². The van der Waals surface area contributed by atoms with Gasteiger partial charge in [-0.15, -0.1) is 0 Å². The van der Waals surface area contributed by atoms with Gasteiger partial charge in [-0.05, 0) is 13.0 Å². The number of hydrogen-bond acceptors (Lipinski definition) is 5. The van der Waals surface area contributed by atoms with Gasteiger partial charge in [0, 0.05) is 37.8 Å². The lowest BCUT2D eigenvalue weighted by Gasteiger charge is -2.36. The summed E-state index contributed by atoms with van der Waals surface area (Å²) in [4.78, 5) is 12.3. The molecule has 0 amide bonds. The highest BCUT2D eigenvalue weighted by Crippen LogP contribution is 2.26. The van der Waals surface area contributed by atoms with Gasteiger partial charge in [0.1, 0.15) is 6.07 Å². The molecular formula is C12H14N4O2. The fraction of sp³-hybridized carbons (Fsp3) is 0.417. The van der Waals surface area contributed by atoms with E-state index in [4.69, 9.17) is 5.26 Å². The molecular weight excluding hydrogens is 232 g/mol. The minimum atomic E-state index is -0.480. The lowest BCUT2D eigenvalue weighted by Crippen LogP contribution is -2.50. The van der Waals surface area contributed by atoms with Crippen LogP contribution in [-0.2, 0) is 0 Å². The standard InChI is InChI=1S/C12H14N4O2/c1-9-8-14-4-5-15(9)12-3-2-11(16(17)18)6-10(12)7-13/h2-3,6,9,14H,4-5,8H2,1H3. The van der Waals surface area contributed by atoms with E-state index >= 15 is 0 Å². The summed E-state index contributed by atoms with van der Waals surface area (Å²) >= 11 is 0. The molecule has 6 heteroatoms. The summed E-state index contributed by atoms with van der Waals surface area (Å²) in [6.07, 6.45) is 0. The van der Waals surface area contributed by atoms with Crippen molar-refractivity contribution in [2.75, 3.05) is 24.5 Å². The number of rotatable bonds is 2. The van der Waals surface area contributed by atoms with E-state index in [2.05, 4.69) is 17.1 Å². The molecule has 94 valence electrons. The summed E-state index contributed by atoms with van der Waals surface area (Å²) in [6.45, 7) is 4.57. The van der Waals surface area contributed by atoms with Crippen molar-refractivity contribution in [2.24, 2.45) is 0 Å². The minimum Gasteiger partial charge on any atom is -0.365 e. The van der Waals surface area contributed by atoms with Crippen molar-refractivity contribution in [3.8, 4) is 6.07 Å². The highest BCUT2D eigenvalue weighted by atomic mass is 16.6. The first-order valence-electron chi connectivity index (χ1n) is 5.79. The lowest BCUT2D eigenvalue weighted by molar-refractivity contribution is -0.384. The number of nitrogens with zero attached hydrogens (tertiary/aromatic N) is 3. The summed E-state index contributed by atoms with van der Waals surface area (Å²) in [5.41, 5.74) is 1.09. The zero-order chi connectivity index (χ0) is 13.1. The fourth-order valence-electron chi connectivity index (χ4n) is 2.18. The third kappa shape index (κ3) is 2.26. The van der Waals surface area contributed by atoms with E-state index < -0.39 is 4.92 Å². The molecule has 1 atom stereocenters. The predicted molar refractivity (Wildman–Crippen MR) is 67.5 cm³/mol. The third-order valence-corrected chi connectivity index (χ3v) is 3.12. The maximum Gasteiger partial charge on any atom is 0.270 e. The first kappa shape index (κ1) is 12.3. The Hall–Kier alpha value is -2.13. The highest BCUT2D eigenvalue weighted by molar-refractivity contribution is 5.63. The average Bonchev–Trinajstić information content (AvgIpc) is 2.38. The molecule has 0 radical (unpaired) electrons. The Morgan fingerprint density at radius 1 is 1.61 bits per heavy atom. The number of benzene rings is 1. The van der Waals surface area contributed by atoms with Crippen LogP contribution in [0.15, 0.2) is 18.2 Å². The Balaban J connectivity index is 2.38. The first-order chi connectivity index (χ1) is 8.63. The molecule has 1 heterocycles. The van der Waals surface area contributed by atoms with Gasteiger partial charge in [-0.25, -0.2) is 0 Å². The van der Waals surface area contributed by atoms with Crippen LogP contribution in [0.25, 0.3) is 0 Å². The van der Waals surface area contributed by atoms with Crippen LogP contribution >= 0.6 is 0 Å². The summed E-state index contributed by atoms with van der Waals surface area (Å²) < 4.78 is 0. The topological polar surface area (TPSA) is 82.2 Å². The molecule has 2 rings (SSSR count). The Morgan fingerprint density at radius 2 is 2.39 bits per heavy atom. The molecule has 0 aromatic heterocycles. The first-order valence-corrected chi connectivity index (χ1v) is 5.79. The summed E-state index contributed by atoms with van der Waals surface area (Å²) in [7, 11) is 0. The van der Waals surface area contributed by atoms with Gasteiger partial charge in [-0.3, -0.25) is 10.1 Å². The SMILES string of the molecule is CC1CNCCN1c1ccc([N+](=O)[O-])cc1C#N. The summed E-state index contributed by atoms with van der Waals surface area (Å²) in [5, 5.41) is 23.1. The molecule has 1 aromatic rings. The highest BCUT2D eigenvalue weighted by Gasteiger charge is 2.22. The van der Waals surface area contributed by atoms with Gasteiger partial charge >= 0.3 is 0 Å². The molecule has 1 aliphatic heterocycles. The van der Waals surface area contributed by atoms with E-state index in [1.807, 2.05) is 6.07 Å². The number of anilines is 1. The molecule has 1 aromatic carbocycles. The number of nitro benzene ring substituents is 1. The molecule has 0 spiro atoms. The maximum absolute atomic E-state index is 10.7. The minimum absolute atomic E-state index is 0.0434. The second-order valence-corrected chi connectivity index (χ2v) is 4.32. The van der Waals surface area contributed by atoms with Gasteiger partial charge in [0.15, 0.2) is 0 Å². The second-order valence-electron chi connectivity index (χ2n) is 4.32. The van der Waals surface area contributed by atoms with Crippen molar-refractivity contribution in [3.05, 3.63) is 33.9 Å². The van der Waals surface area contributed by atoms with E-state index in [0.717, 1.165) is 25.3 Å². The molecule has 1 saturated heterocycles. The summed E-state index contributed by atoms with van der Waals surface area (Å²) in [5.74, 6) is 0. The molecule has 1 aliphatic rings. The smallest absolute Gasteiger partial charge is 0.270 e. The van der Waals surface area contributed by atoms with Crippen LogP contribution in [0.2, 0.25) is 0 Å². The van der Waals surface area contributed by atoms with Crippen LogP contribution in [0.4, 0.5) is 11.4 Å². The molecule has 0 bridgehead atoms. The van der Waals surface area contributed by atoms with Crippen molar-refractivity contribution >= 4 is 11.4 Å². The normalized spacial score (nSPS) is 19.3. The third-order valence-electron chi connectivity index (χ3n) is 3.12. The molecule has 1 N–H and O–H groups in total. The van der Waals surface area contributed by atoms with Gasteiger partial charge in [-0.2, -0.15) is 5.26 Å². The molecule has 6 nitrogen and oxygen atoms in total. The Morgan fingerprint density at radius 3 is 3.00 bits per heavy atom. The number of non-ortho nitro benzene ring substituents is 1. The number of hydrogen-bond donors (Lipinski definition) is 1. The maximum atomic E-state index is 10.7. The monoisotopic (exact) mass is 246 g/mol. The zero-order valence-electron chi connectivity index (χ0n) is 10.1. The van der Waals surface area contributed by atoms with Gasteiger partial charge in [0.05, 0.1) is 16.2 Å². The van der Waals surface area contributed by atoms with Crippen LogP contribution in [0.3, 0.4) is 0 Å². The van der Waals surface area contributed by atoms with Crippen LogP contribution in [0.5, 0.6) is 0 Å². The van der Waals surface area contributed by atoms with Gasteiger partial charge < -0.3 is 10.2 Å². The fourth-order valence-corrected chi connectivity index (χ4v) is 2.18. The van der Waals surface area contributed by atoms with Gasteiger partial charge in [0.25, 0.3) is 5.69 Å². The average molecular weight is 246 g/mol. The van der Waals surface area contributed by atoms with Gasteiger partial charge in [-0.1, -0.05) is 0 Å². The molecule has 1 unspecified atom stereocenters.